The van der Waals surface area contributed by atoms with Crippen LogP contribution in [0, 0.1) is 11.3 Å². The van der Waals surface area contributed by atoms with Crippen LogP contribution < -0.4 is 11.1 Å². The number of piperazine rings is 1. The quantitative estimate of drug-likeness (QED) is 0.496. The second-order valence-electron chi connectivity index (χ2n) is 5.67. The molecule has 0 spiro atoms. The van der Waals surface area contributed by atoms with E-state index in [1.807, 2.05) is 11.0 Å². The first-order chi connectivity index (χ1) is 10.7. The van der Waals surface area contributed by atoms with Crippen LogP contribution in [0.4, 0.5) is 0 Å². The average molecular weight is 307 g/mol. The third kappa shape index (κ3) is 4.98. The highest BCUT2D eigenvalue weighted by Crippen LogP contribution is 2.11. The molecule has 0 aromatic heterocycles. The summed E-state index contributed by atoms with van der Waals surface area (Å²) in [6, 6.07) is 1.99. The molecule has 7 heteroatoms. The van der Waals surface area contributed by atoms with Gasteiger partial charge in [0.25, 0.3) is 5.91 Å². The van der Waals surface area contributed by atoms with Gasteiger partial charge < -0.3 is 20.7 Å². The van der Waals surface area contributed by atoms with Gasteiger partial charge >= 0.3 is 0 Å². The molecule has 2 aliphatic rings. The fourth-order valence-electron chi connectivity index (χ4n) is 2.73. The van der Waals surface area contributed by atoms with E-state index in [0.29, 0.717) is 13.1 Å². The fourth-order valence-corrected chi connectivity index (χ4v) is 2.73. The zero-order valence-electron chi connectivity index (χ0n) is 13.0. The van der Waals surface area contributed by atoms with E-state index >= 15 is 0 Å². The molecule has 0 radical (unpaired) electrons. The van der Waals surface area contributed by atoms with Crippen LogP contribution in [-0.2, 0) is 9.53 Å². The van der Waals surface area contributed by atoms with E-state index in [2.05, 4.69) is 10.2 Å². The Morgan fingerprint density at radius 2 is 2.18 bits per heavy atom. The molecule has 122 valence electrons. The van der Waals surface area contributed by atoms with Crippen LogP contribution in [0.2, 0.25) is 0 Å². The third-order valence-electron chi connectivity index (χ3n) is 4.04. The SMILES string of the molecule is N#C/C(=C/N1CCN(CCN)CC1)C(=O)NCC1CCCO1. The molecule has 0 saturated carbocycles. The van der Waals surface area contributed by atoms with Crippen LogP contribution in [0.15, 0.2) is 11.8 Å². The molecule has 2 fully saturated rings. The van der Waals surface area contributed by atoms with E-state index in [1.165, 1.54) is 0 Å². The largest absolute Gasteiger partial charge is 0.376 e. The Bertz CT molecular complexity index is 432. The number of nitrogens with zero attached hydrogens (tertiary/aromatic N) is 3. The molecule has 0 aromatic rings. The molecular weight excluding hydrogens is 282 g/mol. The molecule has 2 heterocycles. The van der Waals surface area contributed by atoms with E-state index in [4.69, 9.17) is 10.5 Å². The van der Waals surface area contributed by atoms with Gasteiger partial charge in [-0.05, 0) is 12.8 Å². The van der Waals surface area contributed by atoms with E-state index in [9.17, 15) is 10.1 Å². The number of amides is 1. The second kappa shape index (κ2) is 8.73. The van der Waals surface area contributed by atoms with Gasteiger partial charge in [-0.15, -0.1) is 0 Å². The third-order valence-corrected chi connectivity index (χ3v) is 4.04. The summed E-state index contributed by atoms with van der Waals surface area (Å²) in [4.78, 5) is 16.4. The van der Waals surface area contributed by atoms with Crippen LogP contribution in [0.3, 0.4) is 0 Å². The smallest absolute Gasteiger partial charge is 0.263 e. The number of nitrogens with two attached hydrogens (primary N) is 1. The van der Waals surface area contributed by atoms with Crippen LogP contribution >= 0.6 is 0 Å². The van der Waals surface area contributed by atoms with Crippen molar-refractivity contribution < 1.29 is 9.53 Å². The van der Waals surface area contributed by atoms with Gasteiger partial charge in [-0.1, -0.05) is 0 Å². The minimum atomic E-state index is -0.317. The van der Waals surface area contributed by atoms with Crippen molar-refractivity contribution in [1.29, 1.82) is 5.26 Å². The number of hydrogen-bond acceptors (Lipinski definition) is 6. The molecular formula is C15H25N5O2. The van der Waals surface area contributed by atoms with Crippen molar-refractivity contribution in [1.82, 2.24) is 15.1 Å². The molecule has 3 N–H and O–H groups in total. The maximum atomic E-state index is 12.1. The Morgan fingerprint density at radius 1 is 1.41 bits per heavy atom. The van der Waals surface area contributed by atoms with Crippen LogP contribution in [0.5, 0.6) is 0 Å². The van der Waals surface area contributed by atoms with Gasteiger partial charge in [-0.2, -0.15) is 5.26 Å². The summed E-state index contributed by atoms with van der Waals surface area (Å²) >= 11 is 0. The maximum absolute atomic E-state index is 12.1. The Morgan fingerprint density at radius 3 is 2.77 bits per heavy atom. The molecule has 0 bridgehead atoms. The highest BCUT2D eigenvalue weighted by molar-refractivity contribution is 5.97. The monoisotopic (exact) mass is 307 g/mol. The number of ether oxygens (including phenoxy) is 1. The first kappa shape index (κ1) is 16.7. The van der Waals surface area contributed by atoms with Crippen molar-refractivity contribution in [2.45, 2.75) is 18.9 Å². The van der Waals surface area contributed by atoms with Crippen molar-refractivity contribution in [2.75, 3.05) is 52.4 Å². The average Bonchev–Trinajstić information content (AvgIpc) is 3.05. The van der Waals surface area contributed by atoms with Crippen molar-refractivity contribution in [3.05, 3.63) is 11.8 Å². The fraction of sp³-hybridized carbons (Fsp3) is 0.733. The van der Waals surface area contributed by atoms with Crippen molar-refractivity contribution >= 4 is 5.91 Å². The summed E-state index contributed by atoms with van der Waals surface area (Å²) in [6.07, 6.45) is 3.76. The predicted octanol–water partition coefficient (Wildman–Crippen LogP) is -0.735. The first-order valence-corrected chi connectivity index (χ1v) is 7.91. The van der Waals surface area contributed by atoms with Crippen molar-refractivity contribution in [3.8, 4) is 6.07 Å². The molecule has 2 rings (SSSR count). The Hall–Kier alpha value is -1.62. The Kier molecular flexibility index (Phi) is 6.65. The van der Waals surface area contributed by atoms with Gasteiger partial charge in [0.15, 0.2) is 0 Å². The molecule has 1 unspecified atom stereocenters. The van der Waals surface area contributed by atoms with Gasteiger partial charge in [-0.3, -0.25) is 9.69 Å². The maximum Gasteiger partial charge on any atom is 0.263 e. The molecule has 7 nitrogen and oxygen atoms in total. The standard InChI is InChI=1S/C15H25N5O2/c16-3-4-19-5-7-20(8-6-19)12-13(10-17)15(21)18-11-14-2-1-9-22-14/h12,14H,1-9,11,16H2,(H,18,21)/b13-12-. The van der Waals surface area contributed by atoms with Gasteiger partial charge in [0, 0.05) is 58.6 Å². The number of nitriles is 1. The lowest BCUT2D eigenvalue weighted by Crippen LogP contribution is -2.46. The van der Waals surface area contributed by atoms with E-state index in [0.717, 1.165) is 52.2 Å². The molecule has 1 atom stereocenters. The summed E-state index contributed by atoms with van der Waals surface area (Å²) < 4.78 is 5.46. The molecule has 0 aromatic carbocycles. The number of rotatable bonds is 6. The van der Waals surface area contributed by atoms with Gasteiger partial charge in [0.2, 0.25) is 0 Å². The number of carbonyl (C=O) groups excluding carboxylic acids is 1. The zero-order valence-corrected chi connectivity index (χ0v) is 13.0. The number of hydrogen-bond donors (Lipinski definition) is 2. The molecule has 22 heavy (non-hydrogen) atoms. The minimum absolute atomic E-state index is 0.0868. The second-order valence-corrected chi connectivity index (χ2v) is 5.67. The van der Waals surface area contributed by atoms with Crippen LogP contribution in [0.1, 0.15) is 12.8 Å². The van der Waals surface area contributed by atoms with Gasteiger partial charge in [0.05, 0.1) is 6.10 Å². The summed E-state index contributed by atoms with van der Waals surface area (Å²) in [6.45, 7) is 6.22. The summed E-state index contributed by atoms with van der Waals surface area (Å²) in [5.41, 5.74) is 5.71. The topological polar surface area (TPSA) is 94.6 Å². The van der Waals surface area contributed by atoms with Gasteiger partial charge in [0.1, 0.15) is 11.6 Å². The summed E-state index contributed by atoms with van der Waals surface area (Å²) in [5, 5.41) is 12.0. The minimum Gasteiger partial charge on any atom is -0.376 e. The normalized spacial score (nSPS) is 23.4. The lowest BCUT2D eigenvalue weighted by atomic mass is 10.2. The van der Waals surface area contributed by atoms with Crippen molar-refractivity contribution in [3.63, 3.8) is 0 Å². The first-order valence-electron chi connectivity index (χ1n) is 7.91. The van der Waals surface area contributed by atoms with E-state index in [-0.39, 0.29) is 17.6 Å². The predicted molar refractivity (Wildman–Crippen MR) is 82.7 cm³/mol. The van der Waals surface area contributed by atoms with Crippen LogP contribution in [0.25, 0.3) is 0 Å². The van der Waals surface area contributed by atoms with Crippen LogP contribution in [-0.4, -0.2) is 74.2 Å². The molecule has 1 amide bonds. The molecule has 2 aliphatic heterocycles. The number of nitrogens with one attached hydrogen (secondary N) is 1. The molecule has 2 saturated heterocycles. The van der Waals surface area contributed by atoms with E-state index < -0.39 is 0 Å². The van der Waals surface area contributed by atoms with E-state index in [1.54, 1.807) is 6.20 Å². The highest BCUT2D eigenvalue weighted by Gasteiger charge is 2.19. The van der Waals surface area contributed by atoms with Gasteiger partial charge in [-0.25, -0.2) is 0 Å². The number of carbonyl (C=O) groups is 1. The Balaban J connectivity index is 1.79. The highest BCUT2D eigenvalue weighted by atomic mass is 16.5. The lowest BCUT2D eigenvalue weighted by Gasteiger charge is -2.33. The summed E-state index contributed by atoms with van der Waals surface area (Å²) in [7, 11) is 0. The lowest BCUT2D eigenvalue weighted by molar-refractivity contribution is -0.117. The zero-order chi connectivity index (χ0) is 15.8. The summed E-state index contributed by atoms with van der Waals surface area (Å²) in [5.74, 6) is -0.317. The van der Waals surface area contributed by atoms with Crippen molar-refractivity contribution in [2.24, 2.45) is 5.73 Å². The molecule has 0 aliphatic carbocycles. The Labute approximate surface area is 131 Å².